The van der Waals surface area contributed by atoms with Crippen molar-refractivity contribution in [2.75, 3.05) is 30.4 Å². The molecule has 0 saturated heterocycles. The number of carbonyl (C=O) groups excluding carboxylic acids is 3. The van der Waals surface area contributed by atoms with Gasteiger partial charge in [0.1, 0.15) is 5.75 Å². The van der Waals surface area contributed by atoms with Gasteiger partial charge in [-0.1, -0.05) is 12.1 Å². The van der Waals surface area contributed by atoms with Gasteiger partial charge < -0.3 is 19.7 Å². The van der Waals surface area contributed by atoms with Gasteiger partial charge in [-0.15, -0.1) is 0 Å². The Labute approximate surface area is 162 Å². The number of hydrogen-bond donors (Lipinski definition) is 2. The molecule has 0 unspecified atom stereocenters. The van der Waals surface area contributed by atoms with E-state index in [2.05, 4.69) is 10.6 Å². The average Bonchev–Trinajstić information content (AvgIpc) is 2.72. The van der Waals surface area contributed by atoms with Crippen LogP contribution in [0, 0.1) is 0 Å². The number of carbonyl (C=O) groups is 3. The molecule has 0 spiro atoms. The predicted octanol–water partition coefficient (Wildman–Crippen LogP) is 2.41. The third-order valence-electron chi connectivity index (χ3n) is 4.21. The maximum absolute atomic E-state index is 13.1. The second-order valence-corrected chi connectivity index (χ2v) is 6.03. The second-order valence-electron chi connectivity index (χ2n) is 6.03. The van der Waals surface area contributed by atoms with E-state index in [1.807, 2.05) is 0 Å². The van der Waals surface area contributed by atoms with Crippen molar-refractivity contribution in [1.82, 2.24) is 5.32 Å². The van der Waals surface area contributed by atoms with Crippen molar-refractivity contribution in [2.24, 2.45) is 0 Å². The molecule has 0 aliphatic carbocycles. The van der Waals surface area contributed by atoms with E-state index < -0.39 is 12.2 Å². The second kappa shape index (κ2) is 8.43. The van der Waals surface area contributed by atoms with E-state index in [-0.39, 0.29) is 25.0 Å². The quantitative estimate of drug-likeness (QED) is 0.845. The van der Waals surface area contributed by atoms with Crippen LogP contribution in [-0.4, -0.2) is 44.2 Å². The normalized spacial score (nSPS) is 15.1. The van der Waals surface area contributed by atoms with Crippen molar-refractivity contribution < 1.29 is 23.9 Å². The lowest BCUT2D eigenvalue weighted by atomic mass is 10.1. The summed E-state index contributed by atoms with van der Waals surface area (Å²) in [5, 5.41) is 5.12. The Morgan fingerprint density at radius 1 is 1.14 bits per heavy atom. The topological polar surface area (TPSA) is 97.0 Å². The van der Waals surface area contributed by atoms with Crippen LogP contribution in [0.3, 0.4) is 0 Å². The predicted molar refractivity (Wildman–Crippen MR) is 104 cm³/mol. The molecule has 1 atom stereocenters. The summed E-state index contributed by atoms with van der Waals surface area (Å²) in [6.07, 6.45) is -1.36. The van der Waals surface area contributed by atoms with Gasteiger partial charge in [0.2, 0.25) is 0 Å². The number of ether oxygens (including phenoxy) is 2. The number of hydrogen-bond acceptors (Lipinski definition) is 5. The number of amides is 3. The van der Waals surface area contributed by atoms with Crippen molar-refractivity contribution in [3.63, 3.8) is 0 Å². The zero-order valence-electron chi connectivity index (χ0n) is 15.6. The maximum Gasteiger partial charge on any atom is 0.411 e. The van der Waals surface area contributed by atoms with Crippen molar-refractivity contribution in [3.05, 3.63) is 54.1 Å². The summed E-state index contributed by atoms with van der Waals surface area (Å²) in [5.41, 5.74) is 1.53. The number of fused-ring (bicyclic) bond motifs is 1. The van der Waals surface area contributed by atoms with Crippen molar-refractivity contribution >= 4 is 29.3 Å². The molecule has 146 valence electrons. The standard InChI is InChI=1S/C20H21N3O5/c1-3-27-20(26)22-14-10-8-13(9-11-14)19(25)23-12-17(18(24)21-2)28-16-7-5-4-6-15(16)23/h4-11,17H,3,12H2,1-2H3,(H,21,24)(H,22,26)/t17-/m0/s1. The van der Waals surface area contributed by atoms with Crippen molar-refractivity contribution in [3.8, 4) is 5.75 Å². The van der Waals surface area contributed by atoms with E-state index in [1.54, 1.807) is 55.5 Å². The number of likely N-dealkylation sites (N-methyl/N-ethyl adjacent to an activating group) is 1. The molecule has 0 saturated carbocycles. The highest BCUT2D eigenvalue weighted by atomic mass is 16.5. The van der Waals surface area contributed by atoms with Crippen LogP contribution in [-0.2, 0) is 9.53 Å². The molecule has 0 fully saturated rings. The molecule has 8 nitrogen and oxygen atoms in total. The fourth-order valence-corrected chi connectivity index (χ4v) is 2.86. The summed E-state index contributed by atoms with van der Waals surface area (Å²) in [6, 6.07) is 13.5. The number of anilines is 2. The largest absolute Gasteiger partial charge is 0.477 e. The molecular weight excluding hydrogens is 362 g/mol. The van der Waals surface area contributed by atoms with E-state index >= 15 is 0 Å². The lowest BCUT2D eigenvalue weighted by molar-refractivity contribution is -0.127. The van der Waals surface area contributed by atoms with Crippen LogP contribution in [0.1, 0.15) is 17.3 Å². The lowest BCUT2D eigenvalue weighted by Gasteiger charge is -2.34. The minimum Gasteiger partial charge on any atom is -0.477 e. The number of rotatable bonds is 4. The van der Waals surface area contributed by atoms with Gasteiger partial charge in [-0.3, -0.25) is 14.9 Å². The summed E-state index contributed by atoms with van der Waals surface area (Å²) < 4.78 is 10.5. The minimum absolute atomic E-state index is 0.0956. The van der Waals surface area contributed by atoms with Gasteiger partial charge in [0.15, 0.2) is 6.10 Å². The molecule has 28 heavy (non-hydrogen) atoms. The Morgan fingerprint density at radius 3 is 2.54 bits per heavy atom. The Hall–Kier alpha value is -3.55. The summed E-state index contributed by atoms with van der Waals surface area (Å²) in [4.78, 5) is 38.1. The summed E-state index contributed by atoms with van der Waals surface area (Å²) in [5.74, 6) is -0.107. The molecule has 3 amide bonds. The molecule has 0 aromatic heterocycles. The third kappa shape index (κ3) is 4.06. The molecule has 2 N–H and O–H groups in total. The molecule has 8 heteroatoms. The molecule has 1 heterocycles. The maximum atomic E-state index is 13.1. The van der Waals surface area contributed by atoms with E-state index in [0.717, 1.165) is 0 Å². The fourth-order valence-electron chi connectivity index (χ4n) is 2.86. The van der Waals surface area contributed by atoms with Crippen molar-refractivity contribution in [1.29, 1.82) is 0 Å². The average molecular weight is 383 g/mol. The van der Waals surface area contributed by atoms with Crippen LogP contribution in [0.2, 0.25) is 0 Å². The van der Waals surface area contributed by atoms with Crippen LogP contribution in [0.15, 0.2) is 48.5 Å². The van der Waals surface area contributed by atoms with Gasteiger partial charge in [-0.05, 0) is 43.3 Å². The summed E-state index contributed by atoms with van der Waals surface area (Å²) in [6.45, 7) is 2.08. The first-order chi connectivity index (χ1) is 13.5. The summed E-state index contributed by atoms with van der Waals surface area (Å²) >= 11 is 0. The zero-order valence-corrected chi connectivity index (χ0v) is 15.6. The highest BCUT2D eigenvalue weighted by Gasteiger charge is 2.33. The van der Waals surface area contributed by atoms with Gasteiger partial charge in [-0.25, -0.2) is 4.79 Å². The van der Waals surface area contributed by atoms with Gasteiger partial charge in [0.25, 0.3) is 11.8 Å². The van der Waals surface area contributed by atoms with Crippen LogP contribution in [0.4, 0.5) is 16.2 Å². The van der Waals surface area contributed by atoms with Crippen LogP contribution < -0.4 is 20.3 Å². The Bertz CT molecular complexity index is 882. The molecular formula is C20H21N3O5. The van der Waals surface area contributed by atoms with Gasteiger partial charge in [0.05, 0.1) is 18.8 Å². The number of benzene rings is 2. The number of nitrogens with one attached hydrogen (secondary N) is 2. The van der Waals surface area contributed by atoms with Gasteiger partial charge in [0, 0.05) is 18.3 Å². The smallest absolute Gasteiger partial charge is 0.411 e. The SMILES string of the molecule is CCOC(=O)Nc1ccc(C(=O)N2C[C@@H](C(=O)NC)Oc3ccccc32)cc1. The van der Waals surface area contributed by atoms with E-state index in [1.165, 1.54) is 11.9 Å². The van der Waals surface area contributed by atoms with Crippen LogP contribution in [0.25, 0.3) is 0 Å². The summed E-state index contributed by atoms with van der Waals surface area (Å²) in [7, 11) is 1.52. The van der Waals surface area contributed by atoms with E-state index in [9.17, 15) is 14.4 Å². The first kappa shape index (κ1) is 19.2. The zero-order chi connectivity index (χ0) is 20.1. The molecule has 3 rings (SSSR count). The highest BCUT2D eigenvalue weighted by Crippen LogP contribution is 2.34. The molecule has 0 radical (unpaired) electrons. The monoisotopic (exact) mass is 383 g/mol. The highest BCUT2D eigenvalue weighted by molar-refractivity contribution is 6.08. The fraction of sp³-hybridized carbons (Fsp3) is 0.250. The number of nitrogens with zero attached hydrogens (tertiary/aromatic N) is 1. The van der Waals surface area contributed by atoms with Crippen molar-refractivity contribution in [2.45, 2.75) is 13.0 Å². The lowest BCUT2D eigenvalue weighted by Crippen LogP contribution is -2.50. The van der Waals surface area contributed by atoms with Crippen LogP contribution >= 0.6 is 0 Å². The number of para-hydroxylation sites is 2. The first-order valence-electron chi connectivity index (χ1n) is 8.86. The minimum atomic E-state index is -0.798. The Morgan fingerprint density at radius 2 is 1.86 bits per heavy atom. The van der Waals surface area contributed by atoms with E-state index in [0.29, 0.717) is 22.7 Å². The van der Waals surface area contributed by atoms with Gasteiger partial charge in [-0.2, -0.15) is 0 Å². The molecule has 0 bridgehead atoms. The van der Waals surface area contributed by atoms with Gasteiger partial charge >= 0.3 is 6.09 Å². The third-order valence-corrected chi connectivity index (χ3v) is 4.21. The first-order valence-corrected chi connectivity index (χ1v) is 8.86. The molecule has 2 aromatic rings. The van der Waals surface area contributed by atoms with Crippen LogP contribution in [0.5, 0.6) is 5.75 Å². The Balaban J connectivity index is 1.82. The molecule has 1 aliphatic rings. The molecule has 2 aromatic carbocycles. The molecule has 1 aliphatic heterocycles. The Kier molecular flexibility index (Phi) is 5.78. The van der Waals surface area contributed by atoms with E-state index in [4.69, 9.17) is 9.47 Å².